The standard InChI is InChI=1S/6CN.Mn.4Na/c6*1-2;;;;;/q;;;;;;-4;4*+1. The molecule has 11 heteroatoms. The van der Waals surface area contributed by atoms with Gasteiger partial charge in [-0.2, -0.15) is 0 Å². The van der Waals surface area contributed by atoms with E-state index < -0.39 is 10.7 Å². The topological polar surface area (TPSA) is 143 Å². The van der Waals surface area contributed by atoms with Crippen molar-refractivity contribution in [2.45, 2.75) is 0 Å². The minimum absolute atomic E-state index is 0. The summed E-state index contributed by atoms with van der Waals surface area (Å²) in [5, 5.41) is 51.5. The van der Waals surface area contributed by atoms with Crippen molar-refractivity contribution in [3.05, 3.63) is 0 Å². The van der Waals surface area contributed by atoms with Crippen molar-refractivity contribution in [3.8, 4) is 29.8 Å². The van der Waals surface area contributed by atoms with Crippen molar-refractivity contribution >= 4 is 0 Å². The van der Waals surface area contributed by atoms with Gasteiger partial charge in [0.1, 0.15) is 0 Å². The molecule has 0 spiro atoms. The van der Waals surface area contributed by atoms with Gasteiger partial charge in [-0.3, -0.25) is 0 Å². The van der Waals surface area contributed by atoms with E-state index in [1.807, 2.05) is 0 Å². The van der Waals surface area contributed by atoms with Gasteiger partial charge in [-0.1, -0.05) is 0 Å². The zero-order valence-corrected chi connectivity index (χ0v) is 19.2. The first kappa shape index (κ1) is 31.1. The quantitative estimate of drug-likeness (QED) is 0.406. The van der Waals surface area contributed by atoms with E-state index in [1.54, 1.807) is 0 Å². The van der Waals surface area contributed by atoms with Gasteiger partial charge in [0.15, 0.2) is 0 Å². The maximum atomic E-state index is 8.58. The van der Waals surface area contributed by atoms with Gasteiger partial charge in [-0.05, 0) is 0 Å². The van der Waals surface area contributed by atoms with Crippen LogP contribution in [0.5, 0.6) is 0 Å². The van der Waals surface area contributed by atoms with E-state index in [4.69, 9.17) is 31.6 Å². The van der Waals surface area contributed by atoms with E-state index in [2.05, 4.69) is 0 Å². The van der Waals surface area contributed by atoms with Crippen LogP contribution >= 0.6 is 0 Å². The molecule has 65 valence electrons. The molecular formula is C6MnN6Na4. The third kappa shape index (κ3) is 4.22. The van der Waals surface area contributed by atoms with Gasteiger partial charge < -0.3 is 0 Å². The predicted molar refractivity (Wildman–Crippen MR) is 33.7 cm³/mol. The Morgan fingerprint density at radius 1 is 0.412 bits per heavy atom. The minimum atomic E-state index is -6.30. The van der Waals surface area contributed by atoms with Crippen LogP contribution in [0.2, 0.25) is 0 Å². The first-order chi connectivity index (χ1) is 5.97. The van der Waals surface area contributed by atoms with Gasteiger partial charge in [0.2, 0.25) is 0 Å². The fourth-order valence-electron chi connectivity index (χ4n) is 0.283. The predicted octanol–water partition coefficient (Wildman–Crippen LogP) is -11.9. The molecule has 0 bridgehead atoms. The molecule has 0 aliphatic heterocycles. The van der Waals surface area contributed by atoms with Crippen molar-refractivity contribution in [2.24, 2.45) is 0 Å². The maximum absolute atomic E-state index is 8.58. The molecule has 0 atom stereocenters. The fourth-order valence-corrected chi connectivity index (χ4v) is 1.17. The molecule has 0 saturated heterocycles. The minimum Gasteiger partial charge on any atom is 1.00 e. The van der Waals surface area contributed by atoms with E-state index in [0.29, 0.717) is 0 Å². The molecule has 0 aromatic carbocycles. The SMILES string of the molecule is N#[C][Mn-4]([C]#N)([C]#N)([C]#N)([C]#N)[C]#N.[Na+].[Na+].[Na+].[Na+]. The van der Waals surface area contributed by atoms with Crippen LogP contribution in [-0.4, -0.2) is 0 Å². The number of rotatable bonds is 0. The summed E-state index contributed by atoms with van der Waals surface area (Å²) in [7, 11) is -6.30. The molecular weight excluding hydrogens is 303 g/mol. The summed E-state index contributed by atoms with van der Waals surface area (Å²) in [4.78, 5) is 6.25. The van der Waals surface area contributed by atoms with Crippen LogP contribution in [0.1, 0.15) is 0 Å². The number of hydrogen-bond acceptors (Lipinski definition) is 6. The first-order valence-corrected chi connectivity index (χ1v) is 6.02. The van der Waals surface area contributed by atoms with Crippen molar-refractivity contribution in [3.63, 3.8) is 0 Å². The fraction of sp³-hybridized carbons (Fsp3) is 0. The van der Waals surface area contributed by atoms with Crippen molar-refractivity contribution in [2.75, 3.05) is 0 Å². The van der Waals surface area contributed by atoms with E-state index in [1.165, 1.54) is 0 Å². The third-order valence-electron chi connectivity index (χ3n) is 1.27. The number of hydrogen-bond donors (Lipinski definition) is 0. The summed E-state index contributed by atoms with van der Waals surface area (Å²) in [6.07, 6.45) is 0. The molecule has 0 amide bonds. The third-order valence-corrected chi connectivity index (χ3v) is 5.23. The van der Waals surface area contributed by atoms with Gasteiger partial charge in [-0.25, -0.2) is 0 Å². The van der Waals surface area contributed by atoms with Gasteiger partial charge in [0.05, 0.1) is 0 Å². The van der Waals surface area contributed by atoms with Crippen LogP contribution in [-0.2, 0) is 10.7 Å². The van der Waals surface area contributed by atoms with Gasteiger partial charge in [0.25, 0.3) is 0 Å². The molecule has 0 rings (SSSR count). The second-order valence-electron chi connectivity index (χ2n) is 1.92. The van der Waals surface area contributed by atoms with Gasteiger partial charge in [0, 0.05) is 0 Å². The van der Waals surface area contributed by atoms with Crippen molar-refractivity contribution in [1.82, 2.24) is 0 Å². The van der Waals surface area contributed by atoms with Gasteiger partial charge >= 0.3 is 190 Å². The molecule has 6 nitrogen and oxygen atoms in total. The second kappa shape index (κ2) is 9.38. The summed E-state index contributed by atoms with van der Waals surface area (Å²) < 4.78 is 0. The van der Waals surface area contributed by atoms with E-state index in [9.17, 15) is 0 Å². The van der Waals surface area contributed by atoms with Crippen LogP contribution in [0.4, 0.5) is 0 Å². The Bertz CT molecular complexity index is 400. The Morgan fingerprint density at radius 3 is 0.529 bits per heavy atom. The van der Waals surface area contributed by atoms with Gasteiger partial charge in [-0.15, -0.1) is 0 Å². The summed E-state index contributed by atoms with van der Waals surface area (Å²) in [5.74, 6) is 0. The Labute approximate surface area is 186 Å². The summed E-state index contributed by atoms with van der Waals surface area (Å²) in [5.41, 5.74) is 0. The molecule has 0 fully saturated rings. The van der Waals surface area contributed by atoms with E-state index in [0.717, 1.165) is 29.8 Å². The van der Waals surface area contributed by atoms with Crippen molar-refractivity contribution in [1.29, 1.82) is 31.6 Å². The maximum Gasteiger partial charge on any atom is 1.00 e. The molecule has 0 N–H and O–H groups in total. The summed E-state index contributed by atoms with van der Waals surface area (Å²) in [6.45, 7) is 0. The molecule has 0 aromatic heterocycles. The van der Waals surface area contributed by atoms with E-state index >= 15 is 0 Å². The summed E-state index contributed by atoms with van der Waals surface area (Å²) in [6, 6.07) is 0. The van der Waals surface area contributed by atoms with Crippen LogP contribution in [0.3, 0.4) is 0 Å². The van der Waals surface area contributed by atoms with Crippen LogP contribution < -0.4 is 118 Å². The Kier molecular flexibility index (Phi) is 17.1. The number of nitrogens with zero attached hydrogens (tertiary/aromatic N) is 6. The Hall–Kier alpha value is 1.46. The second-order valence-corrected chi connectivity index (χ2v) is 7.93. The Balaban J connectivity index is -0.000000120. The molecule has 0 aliphatic carbocycles. The van der Waals surface area contributed by atoms with Crippen LogP contribution in [0, 0.1) is 61.4 Å². The molecule has 0 unspecified atom stereocenters. The Morgan fingerprint density at radius 2 is 0.529 bits per heavy atom. The molecule has 0 saturated carbocycles. The van der Waals surface area contributed by atoms with Crippen LogP contribution in [0.25, 0.3) is 0 Å². The first-order valence-electron chi connectivity index (χ1n) is 2.48. The summed E-state index contributed by atoms with van der Waals surface area (Å²) >= 11 is 0. The molecule has 0 aliphatic rings. The zero-order valence-electron chi connectivity index (χ0n) is 10.1. The molecule has 0 aromatic rings. The van der Waals surface area contributed by atoms with Crippen molar-refractivity contribution < 1.29 is 129 Å². The monoisotopic (exact) mass is 303 g/mol. The average Bonchev–Trinajstić information content (AvgIpc) is 2.26. The zero-order chi connectivity index (χ0) is 10.7. The molecule has 17 heavy (non-hydrogen) atoms. The van der Waals surface area contributed by atoms with Crippen LogP contribution in [0.15, 0.2) is 0 Å². The largest absolute Gasteiger partial charge is 1.00 e. The van der Waals surface area contributed by atoms with E-state index in [-0.39, 0.29) is 118 Å². The number of nitriles is 6. The average molecular weight is 303 g/mol. The molecule has 0 heterocycles. The smallest absolute Gasteiger partial charge is 1.00 e. The molecule has 0 radical (unpaired) electrons. The normalized spacial score (nSPS) is 10.2.